The van der Waals surface area contributed by atoms with Crippen LogP contribution in [-0.4, -0.2) is 39.1 Å². The zero-order valence-electron chi connectivity index (χ0n) is 19.9. The van der Waals surface area contributed by atoms with Crippen LogP contribution in [0.3, 0.4) is 0 Å². The van der Waals surface area contributed by atoms with E-state index in [1.807, 2.05) is 24.3 Å². The third kappa shape index (κ3) is 4.66. The van der Waals surface area contributed by atoms with E-state index in [4.69, 9.17) is 9.16 Å². The maximum Gasteiger partial charge on any atom is 0.339 e. The van der Waals surface area contributed by atoms with Crippen LogP contribution in [0.5, 0.6) is 0 Å². The van der Waals surface area contributed by atoms with E-state index in [1.54, 1.807) is 10.6 Å². The number of fused-ring (bicyclic) bond motifs is 3. The van der Waals surface area contributed by atoms with Crippen molar-refractivity contribution >= 4 is 30.2 Å². The molecule has 0 bridgehead atoms. The number of nitrogens with zero attached hydrogens (tertiary/aromatic N) is 1. The number of ether oxygens (including phenoxy) is 1. The first-order chi connectivity index (χ1) is 15.8. The Balaban J connectivity index is 2.32. The number of carbonyl (C=O) groups is 1. The fourth-order valence-corrected chi connectivity index (χ4v) is 8.00. The monoisotopic (exact) mass is 532 g/mol. The minimum atomic E-state index is -2.18. The summed E-state index contributed by atoms with van der Waals surface area (Å²) in [6, 6.07) is 13.7. The highest BCUT2D eigenvalue weighted by Crippen LogP contribution is 2.49. The molecule has 2 heterocycles. The second-order valence-corrected chi connectivity index (χ2v) is 14.2. The summed E-state index contributed by atoms with van der Waals surface area (Å²) in [5.74, 6) is -0.474. The first kappa shape index (κ1) is 25.6. The largest absolute Gasteiger partial charge is 0.465 e. The molecule has 0 spiro atoms. The number of halogens is 1. The van der Waals surface area contributed by atoms with Gasteiger partial charge in [0.15, 0.2) is 8.32 Å². The first-order valence-corrected chi connectivity index (χ1v) is 14.8. The molecule has 1 aliphatic heterocycles. The average molecular weight is 534 g/mol. The van der Waals surface area contributed by atoms with Crippen molar-refractivity contribution in [1.82, 2.24) is 9.88 Å². The third-order valence-electron chi connectivity index (χ3n) is 6.75. The third-order valence-corrected chi connectivity index (χ3v) is 11.7. The fraction of sp³-hybridized carbons (Fsp3) is 0.440. The summed E-state index contributed by atoms with van der Waals surface area (Å²) in [5.41, 5.74) is 1.51. The van der Waals surface area contributed by atoms with Crippen molar-refractivity contribution in [2.75, 3.05) is 20.2 Å². The molecule has 6 nitrogen and oxygen atoms in total. The molecule has 1 aromatic carbocycles. The molecule has 2 aromatic rings. The molecule has 33 heavy (non-hydrogen) atoms. The van der Waals surface area contributed by atoms with Crippen LogP contribution in [0.25, 0.3) is 5.69 Å². The zero-order valence-corrected chi connectivity index (χ0v) is 22.5. The van der Waals surface area contributed by atoms with E-state index in [0.717, 1.165) is 33.9 Å². The van der Waals surface area contributed by atoms with Gasteiger partial charge in [-0.15, -0.1) is 0 Å². The molecule has 0 amide bonds. The number of para-hydroxylation sites is 1. The van der Waals surface area contributed by atoms with Gasteiger partial charge in [0.25, 0.3) is 5.56 Å². The molecule has 8 heteroatoms. The standard InChI is InChI=1S/C25H33BrN2O4Si/c1-6-33(7-2,8-3)32-25(15-16-27-17-18(4)26)20-11-9-10-12-21(20)28-22(29)14-13-19(23(25)28)24(30)31-5/h9-14,27H,4,6-8,15-17H2,1-3,5H3/t25-/m1/s1. The number of nitrogens with one attached hydrogen (secondary N) is 1. The minimum Gasteiger partial charge on any atom is -0.465 e. The highest BCUT2D eigenvalue weighted by molar-refractivity contribution is 9.11. The van der Waals surface area contributed by atoms with Crippen LogP contribution in [0.15, 0.2) is 52.3 Å². The van der Waals surface area contributed by atoms with Crippen molar-refractivity contribution in [3.63, 3.8) is 0 Å². The van der Waals surface area contributed by atoms with E-state index < -0.39 is 19.9 Å². The van der Waals surface area contributed by atoms with Crippen LogP contribution in [0, 0.1) is 0 Å². The number of rotatable bonds is 11. The van der Waals surface area contributed by atoms with Crippen molar-refractivity contribution in [1.29, 1.82) is 0 Å². The van der Waals surface area contributed by atoms with Gasteiger partial charge >= 0.3 is 5.97 Å². The van der Waals surface area contributed by atoms with Crippen LogP contribution in [0.1, 0.15) is 48.8 Å². The van der Waals surface area contributed by atoms with Gasteiger partial charge in [-0.05, 0) is 43.2 Å². The molecular weight excluding hydrogens is 500 g/mol. The summed E-state index contributed by atoms with van der Waals surface area (Å²) in [4.78, 5) is 26.1. The smallest absolute Gasteiger partial charge is 0.339 e. The van der Waals surface area contributed by atoms with E-state index in [0.29, 0.717) is 30.8 Å². The van der Waals surface area contributed by atoms with Crippen molar-refractivity contribution in [3.05, 3.63) is 74.6 Å². The van der Waals surface area contributed by atoms with Gasteiger partial charge in [-0.2, -0.15) is 0 Å². The van der Waals surface area contributed by atoms with Crippen LogP contribution in [0.4, 0.5) is 0 Å². The van der Waals surface area contributed by atoms with Crippen LogP contribution in [0.2, 0.25) is 18.1 Å². The molecule has 0 unspecified atom stereocenters. The molecular formula is C25H33BrN2O4Si. The summed E-state index contributed by atoms with van der Waals surface area (Å²) in [7, 11) is -0.819. The number of hydrogen-bond acceptors (Lipinski definition) is 5. The number of aromatic nitrogens is 1. The lowest BCUT2D eigenvalue weighted by molar-refractivity contribution is 0.0566. The normalized spacial score (nSPS) is 16.9. The highest BCUT2D eigenvalue weighted by Gasteiger charge is 2.51. The number of carbonyl (C=O) groups excluding carboxylic acids is 1. The molecule has 1 aromatic heterocycles. The molecule has 0 saturated carbocycles. The highest BCUT2D eigenvalue weighted by atomic mass is 79.9. The Morgan fingerprint density at radius 3 is 2.42 bits per heavy atom. The molecule has 3 rings (SSSR count). The predicted octanol–water partition coefficient (Wildman–Crippen LogP) is 5.09. The van der Waals surface area contributed by atoms with Crippen molar-refractivity contribution in [3.8, 4) is 5.69 Å². The van der Waals surface area contributed by atoms with Gasteiger partial charge in [0.1, 0.15) is 5.60 Å². The second-order valence-electron chi connectivity index (χ2n) is 8.39. The van der Waals surface area contributed by atoms with Gasteiger partial charge < -0.3 is 14.5 Å². The number of benzene rings is 1. The van der Waals surface area contributed by atoms with Gasteiger partial charge in [-0.1, -0.05) is 61.5 Å². The number of hydrogen-bond donors (Lipinski definition) is 1. The lowest BCUT2D eigenvalue weighted by Crippen LogP contribution is -2.48. The molecule has 0 saturated heterocycles. The molecule has 0 aliphatic carbocycles. The van der Waals surface area contributed by atoms with Gasteiger partial charge in [0, 0.05) is 22.7 Å². The van der Waals surface area contributed by atoms with Crippen LogP contribution in [-0.2, 0) is 14.8 Å². The molecule has 178 valence electrons. The summed E-state index contributed by atoms with van der Waals surface area (Å²) in [6.45, 7) is 11.7. The molecule has 0 radical (unpaired) electrons. The van der Waals surface area contributed by atoms with Gasteiger partial charge in [-0.3, -0.25) is 9.36 Å². The Bertz CT molecular complexity index is 1090. The maximum absolute atomic E-state index is 13.2. The second kappa shape index (κ2) is 10.5. The Hall–Kier alpha value is -2.00. The Kier molecular flexibility index (Phi) is 8.16. The topological polar surface area (TPSA) is 69.6 Å². The van der Waals surface area contributed by atoms with Gasteiger partial charge in [0.2, 0.25) is 0 Å². The van der Waals surface area contributed by atoms with Gasteiger partial charge in [0.05, 0.1) is 24.1 Å². The van der Waals surface area contributed by atoms with Crippen molar-refractivity contribution in [2.45, 2.75) is 50.9 Å². The average Bonchev–Trinajstić information content (AvgIpc) is 3.11. The fourth-order valence-electron chi connectivity index (χ4n) is 4.82. The predicted molar refractivity (Wildman–Crippen MR) is 138 cm³/mol. The summed E-state index contributed by atoms with van der Waals surface area (Å²) >= 11 is 3.40. The molecule has 1 aliphatic rings. The Morgan fingerprint density at radius 1 is 1.15 bits per heavy atom. The molecule has 1 N–H and O–H groups in total. The summed E-state index contributed by atoms with van der Waals surface area (Å²) < 4.78 is 14.9. The van der Waals surface area contributed by atoms with Crippen LogP contribution < -0.4 is 10.9 Å². The van der Waals surface area contributed by atoms with E-state index in [9.17, 15) is 9.59 Å². The van der Waals surface area contributed by atoms with E-state index >= 15 is 0 Å². The van der Waals surface area contributed by atoms with E-state index in [1.165, 1.54) is 13.2 Å². The lowest BCUT2D eigenvalue weighted by atomic mass is 9.86. The van der Waals surface area contributed by atoms with Crippen molar-refractivity contribution in [2.24, 2.45) is 0 Å². The number of pyridine rings is 1. The summed E-state index contributed by atoms with van der Waals surface area (Å²) in [5, 5.41) is 3.40. The maximum atomic E-state index is 13.2. The first-order valence-electron chi connectivity index (χ1n) is 11.5. The number of methoxy groups -OCH3 is 1. The summed E-state index contributed by atoms with van der Waals surface area (Å²) in [6.07, 6.45) is 0.562. The Labute approximate surface area is 205 Å². The Morgan fingerprint density at radius 2 is 1.82 bits per heavy atom. The van der Waals surface area contributed by atoms with E-state index in [-0.39, 0.29) is 5.56 Å². The lowest BCUT2D eigenvalue weighted by Gasteiger charge is -2.41. The zero-order chi connectivity index (χ0) is 24.2. The van der Waals surface area contributed by atoms with Crippen LogP contribution >= 0.6 is 15.9 Å². The van der Waals surface area contributed by atoms with Crippen molar-refractivity contribution < 1.29 is 14.0 Å². The molecule has 1 atom stereocenters. The number of esters is 1. The van der Waals surface area contributed by atoms with E-state index in [2.05, 4.69) is 48.6 Å². The van der Waals surface area contributed by atoms with Gasteiger partial charge in [-0.25, -0.2) is 4.79 Å². The SMILES string of the molecule is C=C(Br)CNCC[C@@]1(O[Si](CC)(CC)CC)c2ccccc2-n2c1c(C(=O)OC)ccc2=O. The minimum absolute atomic E-state index is 0.186. The molecule has 0 fully saturated rings. The quantitative estimate of drug-likeness (QED) is 0.248.